The number of methoxy groups -OCH3 is 1. The molecule has 8 rings (SSSR count). The summed E-state index contributed by atoms with van der Waals surface area (Å²) >= 11 is 0. The van der Waals surface area contributed by atoms with Crippen molar-refractivity contribution in [2.24, 2.45) is 29.6 Å². The quantitative estimate of drug-likeness (QED) is 0.141. The average molecular weight is 999 g/mol. The Balaban J connectivity index is 0.00000127. The standard InChI is InChI=1S/C50H66N6O6.C2H6O.C2H4O.C2H6.CH4O/c1-29-13-12-15-31(3)36(8)52-46-47(55-21-19-54(20-22-55)43(58)28-61-38-25-56-26-42(51-9)53-50(56)62-27-38)49(60)45-40(48(46)59)23-32(4)39-24-37(35(7)44(39)45)16-11-10-14-30(2)33(5)34(6)41(57)18-17-29;1-3-2;1-2-3;2*1-2/h10-13,15,23,26,29-30,33-34,37-38,41,51-52,57H,7-8,14,16-22,24-25,27-28H2,1-6,9H3;1-2H3;2-3H,1H2;1-2H3;2H,1H3/b11-10+,13-12+,31-15-;;;;/t29?,30-,33?,34+,37?,38?,41?;;;;/m1..../s1. The molecule has 1 aromatic heterocycles. The second-order valence-electron chi connectivity index (χ2n) is 18.9. The van der Waals surface area contributed by atoms with E-state index in [9.17, 15) is 14.7 Å². The molecular formula is C57H86N6O9. The molecule has 15 nitrogen and oxygen atoms in total. The van der Waals surface area contributed by atoms with Gasteiger partial charge in [0.1, 0.15) is 36.5 Å². The number of aliphatic hydroxyl groups is 3. The SMILES string of the molecule is C=C1NC2=C(N3CCN(C(=O)COC4COc5nc(NC)cn5C4)CC3)C(=O)c3c(cc(C)c4c3C(=C)C(C/C=C/C[C@@H](C)C(C)[C@H](C)C(O)CCC(C)/C=C/C=C\1C)C4)C2=O.C=CO.CC.CO.COC. The molecule has 1 aromatic carbocycles. The van der Waals surface area contributed by atoms with Gasteiger partial charge >= 0.3 is 0 Å². The Hall–Kier alpha value is -5.74. The number of amides is 1. The fraction of sp³-hybridized carbons (Fsp3) is 0.544. The molecule has 1 fully saturated rings. The summed E-state index contributed by atoms with van der Waals surface area (Å²) in [5.41, 5.74) is 6.39. The molecule has 4 aliphatic heterocycles. The number of carbonyl (C=O) groups is 3. The Kier molecular flexibility index (Phi) is 25.0. The van der Waals surface area contributed by atoms with E-state index >= 15 is 4.79 Å². The fourth-order valence-corrected chi connectivity index (χ4v) is 9.53. The summed E-state index contributed by atoms with van der Waals surface area (Å²) in [4.78, 5) is 51.6. The van der Waals surface area contributed by atoms with Gasteiger partial charge < -0.3 is 50.0 Å². The van der Waals surface area contributed by atoms with Gasteiger partial charge in [0.15, 0.2) is 0 Å². The number of ether oxygens (including phenoxy) is 3. The van der Waals surface area contributed by atoms with Gasteiger partial charge in [0.25, 0.3) is 6.01 Å². The second-order valence-corrected chi connectivity index (χ2v) is 18.9. The third-order valence-electron chi connectivity index (χ3n) is 14.1. The first-order chi connectivity index (χ1) is 34.5. The highest BCUT2D eigenvalue weighted by Crippen LogP contribution is 2.46. The first-order valence-electron chi connectivity index (χ1n) is 25.4. The van der Waals surface area contributed by atoms with Gasteiger partial charge in [0.05, 0.1) is 25.1 Å². The maximum absolute atomic E-state index is 15.2. The lowest BCUT2D eigenvalue weighted by Crippen LogP contribution is -2.52. The molecule has 7 atom stereocenters. The van der Waals surface area contributed by atoms with Gasteiger partial charge in [-0.25, -0.2) is 0 Å². The lowest BCUT2D eigenvalue weighted by molar-refractivity contribution is -0.141. The zero-order chi connectivity index (χ0) is 53.8. The van der Waals surface area contributed by atoms with E-state index in [0.29, 0.717) is 85.5 Å². The fourth-order valence-electron chi connectivity index (χ4n) is 9.53. The molecular weight excluding hydrogens is 913 g/mol. The predicted molar refractivity (Wildman–Crippen MR) is 289 cm³/mol. The van der Waals surface area contributed by atoms with Gasteiger partial charge in [-0.15, -0.1) is 0 Å². The number of benzene rings is 1. The summed E-state index contributed by atoms with van der Waals surface area (Å²) in [6, 6.07) is 2.40. The number of hydrogen-bond donors (Lipinski definition) is 5. The molecule has 5 bridgehead atoms. The Morgan fingerprint density at radius 3 is 2.26 bits per heavy atom. The van der Waals surface area contributed by atoms with Crippen molar-refractivity contribution in [3.63, 3.8) is 0 Å². The first-order valence-corrected chi connectivity index (χ1v) is 25.4. The minimum atomic E-state index is -0.369. The van der Waals surface area contributed by atoms with Crippen molar-refractivity contribution in [1.82, 2.24) is 24.7 Å². The zero-order valence-corrected chi connectivity index (χ0v) is 45.3. The summed E-state index contributed by atoms with van der Waals surface area (Å²) in [7, 11) is 6.05. The molecule has 5 N–H and O–H groups in total. The molecule has 5 unspecified atom stereocenters. The van der Waals surface area contributed by atoms with Crippen molar-refractivity contribution in [2.45, 2.75) is 106 Å². The van der Waals surface area contributed by atoms with Crippen LogP contribution in [0.15, 0.2) is 91.3 Å². The number of Topliss-reactive ketones (excluding diaryl/α,β-unsaturated/α-hetero) is 2. The van der Waals surface area contributed by atoms with E-state index in [1.807, 2.05) is 61.6 Å². The maximum Gasteiger partial charge on any atom is 0.298 e. The molecule has 5 heterocycles. The smallest absolute Gasteiger partial charge is 0.298 e. The highest BCUT2D eigenvalue weighted by atomic mass is 16.5. The third-order valence-corrected chi connectivity index (χ3v) is 14.1. The summed E-state index contributed by atoms with van der Waals surface area (Å²) in [6.45, 7) is 30.8. The number of fused-ring (bicyclic) bond motifs is 15. The summed E-state index contributed by atoms with van der Waals surface area (Å²) in [5.74, 6) is 1.38. The van der Waals surface area contributed by atoms with Crippen molar-refractivity contribution in [2.75, 3.05) is 73.1 Å². The van der Waals surface area contributed by atoms with E-state index < -0.39 is 0 Å². The number of aliphatic hydroxyl groups excluding tert-OH is 3. The minimum Gasteiger partial charge on any atom is -0.516 e. The Morgan fingerprint density at radius 1 is 0.986 bits per heavy atom. The Bertz CT molecular complexity index is 2300. The van der Waals surface area contributed by atoms with Crippen LogP contribution >= 0.6 is 0 Å². The molecule has 2 aromatic rings. The van der Waals surface area contributed by atoms with Crippen molar-refractivity contribution >= 4 is 28.9 Å². The van der Waals surface area contributed by atoms with Crippen LogP contribution in [0.1, 0.15) is 112 Å². The maximum atomic E-state index is 15.2. The average Bonchev–Trinajstić information content (AvgIpc) is 3.96. The normalized spacial score (nSPS) is 25.9. The number of rotatable bonds is 5. The van der Waals surface area contributed by atoms with E-state index in [4.69, 9.17) is 19.7 Å². The lowest BCUT2D eigenvalue weighted by Gasteiger charge is -2.39. The molecule has 72 heavy (non-hydrogen) atoms. The topological polar surface area (TPSA) is 188 Å². The van der Waals surface area contributed by atoms with Crippen molar-refractivity contribution in [1.29, 1.82) is 0 Å². The highest BCUT2D eigenvalue weighted by Gasteiger charge is 2.42. The zero-order valence-electron chi connectivity index (χ0n) is 45.3. The number of aromatic nitrogens is 2. The molecule has 0 saturated carbocycles. The molecule has 1 amide bonds. The molecule has 2 aliphatic carbocycles. The van der Waals surface area contributed by atoms with Gasteiger partial charge in [0.2, 0.25) is 17.5 Å². The summed E-state index contributed by atoms with van der Waals surface area (Å²) in [6.07, 6.45) is 16.6. The van der Waals surface area contributed by atoms with Gasteiger partial charge in [-0.05, 0) is 109 Å². The predicted octanol–water partition coefficient (Wildman–Crippen LogP) is 8.86. The number of allylic oxidation sites excluding steroid dienone is 9. The molecule has 1 saturated heterocycles. The van der Waals surface area contributed by atoms with Gasteiger partial charge in [-0.1, -0.05) is 91.7 Å². The van der Waals surface area contributed by atoms with E-state index in [0.717, 1.165) is 73.3 Å². The van der Waals surface area contributed by atoms with Gasteiger partial charge in [-0.2, -0.15) is 4.98 Å². The Labute approximate surface area is 430 Å². The second kappa shape index (κ2) is 29.7. The number of piperazine rings is 1. The van der Waals surface area contributed by atoms with Crippen LogP contribution in [0.5, 0.6) is 6.01 Å². The van der Waals surface area contributed by atoms with Crippen LogP contribution in [-0.2, 0) is 27.2 Å². The Morgan fingerprint density at radius 2 is 1.62 bits per heavy atom. The summed E-state index contributed by atoms with van der Waals surface area (Å²) in [5, 5.41) is 31.8. The number of nitrogens with zero attached hydrogens (tertiary/aromatic N) is 4. The van der Waals surface area contributed by atoms with Crippen LogP contribution in [-0.4, -0.2) is 132 Å². The monoisotopic (exact) mass is 999 g/mol. The number of aryl methyl sites for hydroxylation is 1. The number of carbonyl (C=O) groups excluding carboxylic acids is 3. The van der Waals surface area contributed by atoms with Crippen molar-refractivity contribution in [3.8, 4) is 6.01 Å². The van der Waals surface area contributed by atoms with Crippen LogP contribution in [0.3, 0.4) is 0 Å². The van der Waals surface area contributed by atoms with Crippen LogP contribution in [0.2, 0.25) is 0 Å². The molecule has 15 heteroatoms. The van der Waals surface area contributed by atoms with Crippen LogP contribution in [0.4, 0.5) is 5.82 Å². The van der Waals surface area contributed by atoms with E-state index in [-0.39, 0.29) is 59.7 Å². The lowest BCUT2D eigenvalue weighted by atomic mass is 9.79. The van der Waals surface area contributed by atoms with Crippen molar-refractivity contribution in [3.05, 3.63) is 119 Å². The molecule has 0 spiro atoms. The molecule has 398 valence electrons. The number of anilines is 1. The number of nitrogens with one attached hydrogen (secondary N) is 2. The van der Waals surface area contributed by atoms with Crippen molar-refractivity contribution < 1.29 is 43.9 Å². The first kappa shape index (κ1) is 60.6. The number of imidazole rings is 1. The largest absolute Gasteiger partial charge is 0.516 e. The number of hydrogen-bond acceptors (Lipinski definition) is 13. The van der Waals surface area contributed by atoms with Gasteiger partial charge in [-0.3, -0.25) is 19.0 Å². The van der Waals surface area contributed by atoms with E-state index in [2.05, 4.69) is 86.0 Å². The summed E-state index contributed by atoms with van der Waals surface area (Å²) < 4.78 is 17.9. The van der Waals surface area contributed by atoms with E-state index in [1.54, 1.807) is 26.2 Å². The van der Waals surface area contributed by atoms with Gasteiger partial charge in [0, 0.05) is 71.4 Å². The van der Waals surface area contributed by atoms with Crippen LogP contribution in [0.25, 0.3) is 5.57 Å². The molecule has 6 aliphatic rings. The number of ketones is 2. The third kappa shape index (κ3) is 15.2. The van der Waals surface area contributed by atoms with Crippen LogP contribution in [0, 0.1) is 36.5 Å². The highest BCUT2D eigenvalue weighted by molar-refractivity contribution is 6.28. The van der Waals surface area contributed by atoms with E-state index in [1.165, 1.54) is 0 Å². The minimum absolute atomic E-state index is 0.0981. The van der Waals surface area contributed by atoms with Crippen LogP contribution < -0.4 is 15.4 Å². The molecule has 0 radical (unpaired) electrons.